The van der Waals surface area contributed by atoms with Crippen LogP contribution in [0.2, 0.25) is 0 Å². The maximum Gasteiger partial charge on any atom is 0.250 e. The van der Waals surface area contributed by atoms with E-state index in [1.165, 1.54) is 22.8 Å². The lowest BCUT2D eigenvalue weighted by molar-refractivity contribution is 0.284. The Morgan fingerprint density at radius 3 is 2.78 bits per heavy atom. The minimum absolute atomic E-state index is 0.0291. The summed E-state index contributed by atoms with van der Waals surface area (Å²) in [4.78, 5) is 11.4. The van der Waals surface area contributed by atoms with Gasteiger partial charge in [0.1, 0.15) is 6.61 Å². The molecule has 0 spiro atoms. The Morgan fingerprint density at radius 2 is 2.06 bits per heavy atom. The number of benzene rings is 1. The van der Waals surface area contributed by atoms with E-state index in [1.54, 1.807) is 24.4 Å². The van der Waals surface area contributed by atoms with Gasteiger partial charge in [-0.2, -0.15) is 0 Å². The van der Waals surface area contributed by atoms with Gasteiger partial charge < -0.3 is 15.0 Å². The summed E-state index contributed by atoms with van der Waals surface area (Å²) < 4.78 is 20.1. The summed E-state index contributed by atoms with van der Waals surface area (Å²) >= 11 is 0. The largest absolute Gasteiger partial charge is 0.486 e. The predicted octanol–water partition coefficient (Wildman–Crippen LogP) is 1.65. The average Bonchev–Trinajstić information content (AvgIpc) is 2.35. The Bertz CT molecular complexity index is 575. The zero-order chi connectivity index (χ0) is 13.0. The molecule has 94 valence electrons. The van der Waals surface area contributed by atoms with Gasteiger partial charge in [0.15, 0.2) is 11.6 Å². The third kappa shape index (κ3) is 2.68. The number of rotatable bonds is 4. The van der Waals surface area contributed by atoms with E-state index in [0.717, 1.165) is 0 Å². The molecular weight excluding hydrogens is 235 g/mol. The molecule has 0 unspecified atom stereocenters. The van der Waals surface area contributed by atoms with Crippen LogP contribution in [-0.2, 0) is 6.54 Å². The van der Waals surface area contributed by atoms with Crippen LogP contribution in [0.4, 0.5) is 10.1 Å². The predicted molar refractivity (Wildman–Crippen MR) is 67.0 cm³/mol. The van der Waals surface area contributed by atoms with Gasteiger partial charge in [0.25, 0.3) is 5.56 Å². The fourth-order valence-corrected chi connectivity index (χ4v) is 1.57. The van der Waals surface area contributed by atoms with Gasteiger partial charge in [0, 0.05) is 12.3 Å². The molecule has 0 saturated heterocycles. The van der Waals surface area contributed by atoms with Crippen molar-refractivity contribution in [3.05, 3.63) is 58.8 Å². The SMILES string of the molecule is Nc1cccc(F)c1OCCn1ccccc1=O. The van der Waals surface area contributed by atoms with Crippen LogP contribution in [0.1, 0.15) is 0 Å². The lowest BCUT2D eigenvalue weighted by atomic mass is 10.3. The number of hydrogen-bond donors (Lipinski definition) is 1. The summed E-state index contributed by atoms with van der Waals surface area (Å²) in [6.45, 7) is 0.516. The van der Waals surface area contributed by atoms with Crippen molar-refractivity contribution in [3.8, 4) is 5.75 Å². The Morgan fingerprint density at radius 1 is 1.22 bits per heavy atom. The molecule has 1 aromatic heterocycles. The van der Waals surface area contributed by atoms with E-state index in [4.69, 9.17) is 10.5 Å². The summed E-state index contributed by atoms with van der Waals surface area (Å²) in [5, 5.41) is 0. The van der Waals surface area contributed by atoms with Crippen LogP contribution in [0.15, 0.2) is 47.4 Å². The number of para-hydroxylation sites is 1. The van der Waals surface area contributed by atoms with E-state index in [2.05, 4.69) is 0 Å². The molecule has 0 amide bonds. The van der Waals surface area contributed by atoms with Crippen molar-refractivity contribution < 1.29 is 9.13 Å². The minimum atomic E-state index is -0.504. The van der Waals surface area contributed by atoms with Crippen LogP contribution in [-0.4, -0.2) is 11.2 Å². The summed E-state index contributed by atoms with van der Waals surface area (Å²) in [7, 11) is 0. The molecule has 2 N–H and O–H groups in total. The van der Waals surface area contributed by atoms with Crippen molar-refractivity contribution >= 4 is 5.69 Å². The fraction of sp³-hybridized carbons (Fsp3) is 0.154. The number of nitrogens with two attached hydrogens (primary N) is 1. The first-order valence-corrected chi connectivity index (χ1v) is 5.51. The highest BCUT2D eigenvalue weighted by atomic mass is 19.1. The van der Waals surface area contributed by atoms with Gasteiger partial charge in [-0.1, -0.05) is 12.1 Å². The monoisotopic (exact) mass is 248 g/mol. The van der Waals surface area contributed by atoms with Crippen LogP contribution in [0, 0.1) is 5.82 Å². The van der Waals surface area contributed by atoms with Gasteiger partial charge in [0.2, 0.25) is 0 Å². The van der Waals surface area contributed by atoms with Crippen molar-refractivity contribution in [1.82, 2.24) is 4.57 Å². The smallest absolute Gasteiger partial charge is 0.250 e. The molecule has 0 fully saturated rings. The minimum Gasteiger partial charge on any atom is -0.486 e. The van der Waals surface area contributed by atoms with E-state index in [1.807, 2.05) is 0 Å². The molecule has 4 nitrogen and oxygen atoms in total. The molecule has 0 saturated carbocycles. The van der Waals surface area contributed by atoms with Crippen LogP contribution < -0.4 is 16.0 Å². The third-order valence-electron chi connectivity index (χ3n) is 2.48. The van der Waals surface area contributed by atoms with Crippen molar-refractivity contribution in [2.75, 3.05) is 12.3 Å². The number of nitrogen functional groups attached to an aromatic ring is 1. The molecule has 0 aliphatic rings. The molecule has 1 aromatic carbocycles. The number of nitrogens with zero attached hydrogens (tertiary/aromatic N) is 1. The lowest BCUT2D eigenvalue weighted by Crippen LogP contribution is -2.21. The number of pyridine rings is 1. The van der Waals surface area contributed by atoms with Crippen molar-refractivity contribution in [2.24, 2.45) is 0 Å². The second kappa shape index (κ2) is 5.35. The maximum atomic E-state index is 13.4. The highest BCUT2D eigenvalue weighted by Crippen LogP contribution is 2.24. The number of halogens is 1. The summed E-state index contributed by atoms with van der Waals surface area (Å²) in [5.41, 5.74) is 5.72. The van der Waals surface area contributed by atoms with Crippen LogP contribution in [0.5, 0.6) is 5.75 Å². The molecule has 2 rings (SSSR count). The summed E-state index contributed by atoms with van der Waals surface area (Å²) in [6.07, 6.45) is 1.65. The van der Waals surface area contributed by atoms with E-state index in [0.29, 0.717) is 6.54 Å². The second-order valence-corrected chi connectivity index (χ2v) is 3.74. The number of aromatic nitrogens is 1. The van der Waals surface area contributed by atoms with Crippen molar-refractivity contribution in [1.29, 1.82) is 0 Å². The second-order valence-electron chi connectivity index (χ2n) is 3.74. The standard InChI is InChI=1S/C13H13FN2O2/c14-10-4-3-5-11(15)13(10)18-9-8-16-7-2-1-6-12(16)17/h1-7H,8-9,15H2. The van der Waals surface area contributed by atoms with E-state index in [9.17, 15) is 9.18 Å². The number of ether oxygens (including phenoxy) is 1. The first-order chi connectivity index (χ1) is 8.68. The van der Waals surface area contributed by atoms with Gasteiger partial charge in [0.05, 0.1) is 12.2 Å². The molecule has 0 aliphatic carbocycles. The molecule has 5 heteroatoms. The van der Waals surface area contributed by atoms with E-state index in [-0.39, 0.29) is 23.6 Å². The molecule has 1 heterocycles. The average molecular weight is 248 g/mol. The zero-order valence-electron chi connectivity index (χ0n) is 9.67. The zero-order valence-corrected chi connectivity index (χ0v) is 9.67. The summed E-state index contributed by atoms with van der Waals surface area (Å²) in [5.74, 6) is -0.475. The molecule has 2 aromatic rings. The molecule has 0 bridgehead atoms. The highest BCUT2D eigenvalue weighted by molar-refractivity contribution is 5.52. The Kier molecular flexibility index (Phi) is 3.62. The quantitative estimate of drug-likeness (QED) is 0.837. The van der Waals surface area contributed by atoms with Gasteiger partial charge in [-0.15, -0.1) is 0 Å². The summed E-state index contributed by atoms with van der Waals surface area (Å²) in [6, 6.07) is 9.22. The molecule has 0 aliphatic heterocycles. The maximum absolute atomic E-state index is 13.4. The Balaban J connectivity index is 2.01. The van der Waals surface area contributed by atoms with Crippen LogP contribution in [0.3, 0.4) is 0 Å². The lowest BCUT2D eigenvalue weighted by Gasteiger charge is -2.10. The van der Waals surface area contributed by atoms with Gasteiger partial charge in [-0.3, -0.25) is 4.79 Å². The van der Waals surface area contributed by atoms with E-state index >= 15 is 0 Å². The highest BCUT2D eigenvalue weighted by Gasteiger charge is 2.06. The number of hydrogen-bond acceptors (Lipinski definition) is 3. The van der Waals surface area contributed by atoms with Gasteiger partial charge >= 0.3 is 0 Å². The third-order valence-corrected chi connectivity index (χ3v) is 2.48. The number of anilines is 1. The topological polar surface area (TPSA) is 57.2 Å². The van der Waals surface area contributed by atoms with E-state index < -0.39 is 5.82 Å². The normalized spacial score (nSPS) is 10.3. The molecular formula is C13H13FN2O2. The Labute approximate surface area is 103 Å². The van der Waals surface area contributed by atoms with Crippen molar-refractivity contribution in [3.63, 3.8) is 0 Å². The molecule has 0 atom stereocenters. The van der Waals surface area contributed by atoms with Crippen LogP contribution in [0.25, 0.3) is 0 Å². The van der Waals surface area contributed by atoms with Crippen LogP contribution >= 0.6 is 0 Å². The first-order valence-electron chi connectivity index (χ1n) is 5.51. The molecule has 18 heavy (non-hydrogen) atoms. The fourth-order valence-electron chi connectivity index (χ4n) is 1.57. The van der Waals surface area contributed by atoms with Gasteiger partial charge in [-0.25, -0.2) is 4.39 Å². The molecule has 0 radical (unpaired) electrons. The first kappa shape index (κ1) is 12.2. The van der Waals surface area contributed by atoms with Gasteiger partial charge in [-0.05, 0) is 18.2 Å². The Hall–Kier alpha value is -2.30. The van der Waals surface area contributed by atoms with Crippen molar-refractivity contribution in [2.45, 2.75) is 6.54 Å².